The molecule has 0 aromatic carbocycles. The van der Waals surface area contributed by atoms with Crippen LogP contribution in [0.15, 0.2) is 0 Å². The van der Waals surface area contributed by atoms with Crippen LogP contribution in [0.2, 0.25) is 0 Å². The largest absolute Gasteiger partial charge is 0.395 e. The lowest BCUT2D eigenvalue weighted by atomic mass is 10.3. The molecule has 0 fully saturated rings. The van der Waals surface area contributed by atoms with Crippen LogP contribution < -0.4 is 10.6 Å². The Hall–Kier alpha value is -0.610. The minimum absolute atomic E-state index is 0.0161. The van der Waals surface area contributed by atoms with Gasteiger partial charge in [-0.2, -0.15) is 0 Å². The number of aliphatic hydroxyl groups is 1. The minimum atomic E-state index is -0.0344. The zero-order valence-corrected chi connectivity index (χ0v) is 7.05. The molecule has 4 nitrogen and oxygen atoms in total. The summed E-state index contributed by atoms with van der Waals surface area (Å²) in [5, 5.41) is 14.1. The van der Waals surface area contributed by atoms with E-state index in [1.165, 1.54) is 0 Å². The maximum absolute atomic E-state index is 10.8. The summed E-state index contributed by atoms with van der Waals surface area (Å²) in [6, 6.07) is -0.0161. The number of hydrogen-bond donors (Lipinski definition) is 3. The molecule has 11 heavy (non-hydrogen) atoms. The number of hydrogen-bond acceptors (Lipinski definition) is 3. The summed E-state index contributed by atoms with van der Waals surface area (Å²) in [6.07, 6.45) is 0. The lowest BCUT2D eigenvalue weighted by Gasteiger charge is -2.09. The van der Waals surface area contributed by atoms with E-state index in [0.717, 1.165) is 0 Å². The Labute approximate surface area is 67.0 Å². The minimum Gasteiger partial charge on any atom is -0.395 e. The third-order valence-electron chi connectivity index (χ3n) is 1.26. The first-order valence-electron chi connectivity index (χ1n) is 3.81. The third-order valence-corrected chi connectivity index (χ3v) is 1.26. The Kier molecular flexibility index (Phi) is 5.78. The molecule has 0 aliphatic heterocycles. The summed E-state index contributed by atoms with van der Waals surface area (Å²) in [5.74, 6) is -0.0344. The van der Waals surface area contributed by atoms with Gasteiger partial charge < -0.3 is 15.7 Å². The van der Waals surface area contributed by atoms with Crippen molar-refractivity contribution in [2.45, 2.75) is 19.9 Å². The van der Waals surface area contributed by atoms with Crippen molar-refractivity contribution in [3.63, 3.8) is 0 Å². The first kappa shape index (κ1) is 10.4. The summed E-state index contributed by atoms with van der Waals surface area (Å²) < 4.78 is 0. The zero-order chi connectivity index (χ0) is 8.69. The number of aliphatic hydroxyl groups excluding tert-OH is 1. The van der Waals surface area contributed by atoms with Crippen molar-refractivity contribution in [2.24, 2.45) is 0 Å². The highest BCUT2D eigenvalue weighted by molar-refractivity contribution is 5.77. The maximum atomic E-state index is 10.8. The fraction of sp³-hybridized carbons (Fsp3) is 0.857. The molecule has 1 unspecified atom stereocenters. The fourth-order valence-electron chi connectivity index (χ4n) is 0.591. The normalized spacial score (nSPS) is 12.6. The second kappa shape index (κ2) is 6.12. The Bertz CT molecular complexity index is 117. The Morgan fingerprint density at radius 2 is 2.27 bits per heavy atom. The summed E-state index contributed by atoms with van der Waals surface area (Å²) >= 11 is 0. The van der Waals surface area contributed by atoms with Gasteiger partial charge in [-0.1, -0.05) is 0 Å². The zero-order valence-electron chi connectivity index (χ0n) is 7.05. The molecule has 0 rings (SSSR count). The fourth-order valence-corrected chi connectivity index (χ4v) is 0.591. The monoisotopic (exact) mass is 160 g/mol. The number of rotatable bonds is 5. The number of likely N-dealkylation sites (N-methyl/N-ethyl adjacent to an activating group) is 1. The van der Waals surface area contributed by atoms with E-state index in [9.17, 15) is 4.79 Å². The molecule has 4 heteroatoms. The summed E-state index contributed by atoms with van der Waals surface area (Å²) in [6.45, 7) is 4.66. The second-order valence-electron chi connectivity index (χ2n) is 2.42. The van der Waals surface area contributed by atoms with Crippen LogP contribution in [0, 0.1) is 0 Å². The van der Waals surface area contributed by atoms with Crippen molar-refractivity contribution in [2.75, 3.05) is 19.7 Å². The van der Waals surface area contributed by atoms with E-state index in [1.807, 2.05) is 13.8 Å². The number of carbonyl (C=O) groups excluding carboxylic acids is 1. The molecule has 0 spiro atoms. The SMILES string of the molecule is CCNC(=O)CNC(C)CO. The van der Waals surface area contributed by atoms with Crippen LogP contribution in [0.25, 0.3) is 0 Å². The van der Waals surface area contributed by atoms with Gasteiger partial charge in [0.25, 0.3) is 0 Å². The molecule has 3 N–H and O–H groups in total. The predicted octanol–water partition coefficient (Wildman–Crippen LogP) is -0.907. The number of carbonyl (C=O) groups is 1. The molecule has 0 heterocycles. The summed E-state index contributed by atoms with van der Waals surface area (Å²) in [4.78, 5) is 10.8. The second-order valence-corrected chi connectivity index (χ2v) is 2.42. The number of nitrogens with one attached hydrogen (secondary N) is 2. The van der Waals surface area contributed by atoms with Gasteiger partial charge >= 0.3 is 0 Å². The van der Waals surface area contributed by atoms with E-state index in [0.29, 0.717) is 6.54 Å². The van der Waals surface area contributed by atoms with E-state index >= 15 is 0 Å². The molecule has 0 aromatic rings. The van der Waals surface area contributed by atoms with Gasteiger partial charge in [0, 0.05) is 12.6 Å². The van der Waals surface area contributed by atoms with Crippen molar-refractivity contribution < 1.29 is 9.90 Å². The van der Waals surface area contributed by atoms with Crippen LogP contribution in [0.1, 0.15) is 13.8 Å². The Morgan fingerprint density at radius 1 is 1.64 bits per heavy atom. The van der Waals surface area contributed by atoms with Crippen LogP contribution in [0.3, 0.4) is 0 Å². The molecule has 0 aliphatic rings. The van der Waals surface area contributed by atoms with Crippen molar-refractivity contribution in [1.29, 1.82) is 0 Å². The summed E-state index contributed by atoms with van der Waals surface area (Å²) in [7, 11) is 0. The van der Waals surface area contributed by atoms with Gasteiger partial charge in [0.05, 0.1) is 13.2 Å². The van der Waals surface area contributed by atoms with Gasteiger partial charge in [-0.05, 0) is 13.8 Å². The highest BCUT2D eigenvalue weighted by atomic mass is 16.3. The topological polar surface area (TPSA) is 61.4 Å². The Balaban J connectivity index is 3.30. The van der Waals surface area contributed by atoms with E-state index in [4.69, 9.17) is 5.11 Å². The quantitative estimate of drug-likeness (QED) is 0.488. The number of amides is 1. The van der Waals surface area contributed by atoms with Crippen molar-refractivity contribution in [3.05, 3.63) is 0 Å². The molecule has 0 bridgehead atoms. The molecule has 0 radical (unpaired) electrons. The van der Waals surface area contributed by atoms with Crippen LogP contribution >= 0.6 is 0 Å². The van der Waals surface area contributed by atoms with Crippen molar-refractivity contribution >= 4 is 5.91 Å². The van der Waals surface area contributed by atoms with E-state index < -0.39 is 0 Å². The van der Waals surface area contributed by atoms with Crippen LogP contribution in [0.4, 0.5) is 0 Å². The van der Waals surface area contributed by atoms with Crippen LogP contribution in [-0.4, -0.2) is 36.8 Å². The standard InChI is InChI=1S/C7H16N2O2/c1-3-8-7(11)4-9-6(2)5-10/h6,9-10H,3-5H2,1-2H3,(H,8,11). The Morgan fingerprint density at radius 3 is 2.73 bits per heavy atom. The van der Waals surface area contributed by atoms with E-state index in [1.54, 1.807) is 0 Å². The van der Waals surface area contributed by atoms with Gasteiger partial charge in [-0.15, -0.1) is 0 Å². The average Bonchev–Trinajstić information content (AvgIpc) is 2.01. The molecule has 0 aromatic heterocycles. The van der Waals surface area contributed by atoms with Crippen molar-refractivity contribution in [1.82, 2.24) is 10.6 Å². The molecule has 66 valence electrons. The molecular weight excluding hydrogens is 144 g/mol. The first-order valence-corrected chi connectivity index (χ1v) is 3.81. The smallest absolute Gasteiger partial charge is 0.233 e. The molecule has 0 saturated heterocycles. The van der Waals surface area contributed by atoms with Gasteiger partial charge in [-0.25, -0.2) is 0 Å². The highest BCUT2D eigenvalue weighted by Gasteiger charge is 2.01. The van der Waals surface area contributed by atoms with Crippen LogP contribution in [-0.2, 0) is 4.79 Å². The van der Waals surface area contributed by atoms with Crippen LogP contribution in [0.5, 0.6) is 0 Å². The van der Waals surface area contributed by atoms with Gasteiger partial charge in [0.15, 0.2) is 0 Å². The predicted molar refractivity (Wildman–Crippen MR) is 43.2 cm³/mol. The highest BCUT2D eigenvalue weighted by Crippen LogP contribution is 1.75. The molecular formula is C7H16N2O2. The van der Waals surface area contributed by atoms with E-state index in [-0.39, 0.29) is 25.1 Å². The van der Waals surface area contributed by atoms with Gasteiger partial charge in [-0.3, -0.25) is 4.79 Å². The summed E-state index contributed by atoms with van der Waals surface area (Å²) in [5.41, 5.74) is 0. The van der Waals surface area contributed by atoms with Gasteiger partial charge in [0.1, 0.15) is 0 Å². The molecule has 1 amide bonds. The molecule has 0 saturated carbocycles. The maximum Gasteiger partial charge on any atom is 0.233 e. The van der Waals surface area contributed by atoms with Gasteiger partial charge in [0.2, 0.25) is 5.91 Å². The average molecular weight is 160 g/mol. The molecule has 0 aliphatic carbocycles. The first-order chi connectivity index (χ1) is 5.20. The molecule has 1 atom stereocenters. The third kappa shape index (κ3) is 5.82. The van der Waals surface area contributed by atoms with E-state index in [2.05, 4.69) is 10.6 Å². The lowest BCUT2D eigenvalue weighted by molar-refractivity contribution is -0.120. The lowest BCUT2D eigenvalue weighted by Crippen LogP contribution is -2.39. The van der Waals surface area contributed by atoms with Crippen molar-refractivity contribution in [3.8, 4) is 0 Å².